The van der Waals surface area contributed by atoms with Crippen LogP contribution in [-0.2, 0) is 0 Å². The molecule has 1 aliphatic heterocycles. The quantitative estimate of drug-likeness (QED) is 0.316. The fraction of sp³-hybridized carbons (Fsp3) is 0.588. The lowest BCUT2D eigenvalue weighted by atomic mass is 9.93. The molecule has 24 heavy (non-hydrogen) atoms. The zero-order valence-corrected chi connectivity index (χ0v) is 17.0. The number of rotatable bonds is 5. The minimum Gasteiger partial charge on any atom is -0.357 e. The molecule has 0 aromatic carbocycles. The molecule has 1 amide bonds. The highest BCUT2D eigenvalue weighted by Gasteiger charge is 2.30. The van der Waals surface area contributed by atoms with Gasteiger partial charge in [0.25, 0.3) is 5.91 Å². The summed E-state index contributed by atoms with van der Waals surface area (Å²) in [5.74, 6) is 0.828. The highest BCUT2D eigenvalue weighted by atomic mass is 127. The van der Waals surface area contributed by atoms with Crippen LogP contribution in [0.25, 0.3) is 0 Å². The van der Waals surface area contributed by atoms with Crippen molar-refractivity contribution < 1.29 is 4.79 Å². The number of pyridine rings is 1. The second kappa shape index (κ2) is 9.80. The lowest BCUT2D eigenvalue weighted by Crippen LogP contribution is -2.41. The predicted molar refractivity (Wildman–Crippen MR) is 108 cm³/mol. The Balaban J connectivity index is 0.00000288. The predicted octanol–water partition coefficient (Wildman–Crippen LogP) is 2.13. The van der Waals surface area contributed by atoms with E-state index < -0.39 is 0 Å². The van der Waals surface area contributed by atoms with Crippen LogP contribution in [0.2, 0.25) is 0 Å². The third-order valence-electron chi connectivity index (χ3n) is 3.89. The topological polar surface area (TPSA) is 69.6 Å². The molecule has 1 aromatic rings. The summed E-state index contributed by atoms with van der Waals surface area (Å²) >= 11 is 0. The molecule has 0 spiro atoms. The van der Waals surface area contributed by atoms with E-state index in [0.29, 0.717) is 24.1 Å². The maximum atomic E-state index is 11.9. The Labute approximate surface area is 161 Å². The summed E-state index contributed by atoms with van der Waals surface area (Å²) in [6.45, 7) is 10.6. The van der Waals surface area contributed by atoms with Crippen LogP contribution in [-0.4, -0.2) is 54.5 Å². The summed E-state index contributed by atoms with van der Waals surface area (Å²) in [5.41, 5.74) is 0.912. The van der Waals surface area contributed by atoms with Crippen LogP contribution < -0.4 is 10.6 Å². The van der Waals surface area contributed by atoms with Crippen LogP contribution in [0.1, 0.15) is 37.6 Å². The number of aliphatic imine (C=N–C) groups is 1. The van der Waals surface area contributed by atoms with Gasteiger partial charge in [0.05, 0.1) is 12.1 Å². The highest BCUT2D eigenvalue weighted by molar-refractivity contribution is 14.0. The number of carbonyl (C=O) groups is 1. The van der Waals surface area contributed by atoms with Crippen molar-refractivity contribution in [2.45, 2.75) is 27.2 Å². The van der Waals surface area contributed by atoms with Gasteiger partial charge in [-0.25, -0.2) is 0 Å². The molecule has 2 heterocycles. The molecule has 6 nitrogen and oxygen atoms in total. The third-order valence-corrected chi connectivity index (χ3v) is 3.89. The zero-order valence-electron chi connectivity index (χ0n) is 14.7. The standard InChI is InChI=1S/C17H27N5O.HI/c1-4-19-16(22-11-7-17(2,3)13-22)21-10-9-20-15(23)14-6-5-8-18-12-14;/h5-6,8,12H,4,7,9-11,13H2,1-3H3,(H,19,21)(H,20,23);1H. The van der Waals surface area contributed by atoms with Crippen LogP contribution >= 0.6 is 24.0 Å². The van der Waals surface area contributed by atoms with Gasteiger partial charge in [0.15, 0.2) is 5.96 Å². The van der Waals surface area contributed by atoms with Gasteiger partial charge < -0.3 is 15.5 Å². The maximum absolute atomic E-state index is 11.9. The van der Waals surface area contributed by atoms with E-state index in [2.05, 4.69) is 46.3 Å². The Hall–Kier alpha value is -1.38. The molecule has 0 unspecified atom stereocenters. The van der Waals surface area contributed by atoms with Gasteiger partial charge in [-0.1, -0.05) is 13.8 Å². The second-order valence-corrected chi connectivity index (χ2v) is 6.57. The van der Waals surface area contributed by atoms with Gasteiger partial charge in [0.1, 0.15) is 0 Å². The van der Waals surface area contributed by atoms with E-state index in [0.717, 1.165) is 25.6 Å². The minimum absolute atomic E-state index is 0. The van der Waals surface area contributed by atoms with E-state index in [1.807, 2.05) is 0 Å². The van der Waals surface area contributed by atoms with Gasteiger partial charge in [-0.3, -0.25) is 14.8 Å². The molecular formula is C17H28IN5O. The Kier molecular flexibility index (Phi) is 8.44. The van der Waals surface area contributed by atoms with Gasteiger partial charge in [0, 0.05) is 38.6 Å². The summed E-state index contributed by atoms with van der Waals surface area (Å²) in [4.78, 5) is 22.8. The molecular weight excluding hydrogens is 417 g/mol. The Morgan fingerprint density at radius 3 is 2.79 bits per heavy atom. The lowest BCUT2D eigenvalue weighted by Gasteiger charge is -2.23. The van der Waals surface area contributed by atoms with E-state index in [1.165, 1.54) is 6.42 Å². The second-order valence-electron chi connectivity index (χ2n) is 6.57. The van der Waals surface area contributed by atoms with Crippen molar-refractivity contribution in [1.29, 1.82) is 0 Å². The van der Waals surface area contributed by atoms with Gasteiger partial charge in [-0.15, -0.1) is 24.0 Å². The van der Waals surface area contributed by atoms with Crippen molar-refractivity contribution in [3.63, 3.8) is 0 Å². The van der Waals surface area contributed by atoms with Crippen LogP contribution in [0.3, 0.4) is 0 Å². The Bertz CT molecular complexity index is 547. The van der Waals surface area contributed by atoms with Crippen molar-refractivity contribution in [1.82, 2.24) is 20.5 Å². The molecule has 1 aliphatic rings. The molecule has 2 N–H and O–H groups in total. The van der Waals surface area contributed by atoms with Crippen LogP contribution in [0.15, 0.2) is 29.5 Å². The van der Waals surface area contributed by atoms with Crippen molar-refractivity contribution in [3.05, 3.63) is 30.1 Å². The number of hydrogen-bond acceptors (Lipinski definition) is 3. The molecule has 1 fully saturated rings. The van der Waals surface area contributed by atoms with Gasteiger partial charge >= 0.3 is 0 Å². The minimum atomic E-state index is -0.111. The first-order valence-corrected chi connectivity index (χ1v) is 8.23. The van der Waals surface area contributed by atoms with E-state index in [-0.39, 0.29) is 29.9 Å². The molecule has 1 saturated heterocycles. The molecule has 1 aromatic heterocycles. The highest BCUT2D eigenvalue weighted by Crippen LogP contribution is 2.28. The monoisotopic (exact) mass is 445 g/mol. The summed E-state index contributed by atoms with van der Waals surface area (Å²) < 4.78 is 0. The first-order chi connectivity index (χ1) is 11.0. The first kappa shape index (κ1) is 20.7. The third kappa shape index (κ3) is 6.26. The number of hydrogen-bond donors (Lipinski definition) is 2. The fourth-order valence-electron chi connectivity index (χ4n) is 2.65. The van der Waals surface area contributed by atoms with Gasteiger partial charge in [0.2, 0.25) is 0 Å². The average Bonchev–Trinajstić information content (AvgIpc) is 2.91. The summed E-state index contributed by atoms with van der Waals surface area (Å²) in [5, 5.41) is 6.21. The number of likely N-dealkylation sites (tertiary alicyclic amines) is 1. The number of aromatic nitrogens is 1. The maximum Gasteiger partial charge on any atom is 0.252 e. The van der Waals surface area contributed by atoms with Crippen LogP contribution in [0.5, 0.6) is 0 Å². The van der Waals surface area contributed by atoms with Crippen molar-refractivity contribution in [3.8, 4) is 0 Å². The fourth-order valence-corrected chi connectivity index (χ4v) is 2.65. The molecule has 0 atom stereocenters. The molecule has 7 heteroatoms. The van der Waals surface area contributed by atoms with Crippen LogP contribution in [0, 0.1) is 5.41 Å². The van der Waals surface area contributed by atoms with Crippen molar-refractivity contribution in [2.75, 3.05) is 32.7 Å². The molecule has 2 rings (SSSR count). The molecule has 134 valence electrons. The number of guanidine groups is 1. The number of nitrogens with one attached hydrogen (secondary N) is 2. The summed E-state index contributed by atoms with van der Waals surface area (Å²) in [7, 11) is 0. The number of amides is 1. The SMILES string of the molecule is CCNC(=NCCNC(=O)c1cccnc1)N1CCC(C)(C)C1.I. The van der Waals surface area contributed by atoms with Gasteiger partial charge in [-0.2, -0.15) is 0 Å². The summed E-state index contributed by atoms with van der Waals surface area (Å²) in [6.07, 6.45) is 4.39. The Morgan fingerprint density at radius 2 is 2.21 bits per heavy atom. The van der Waals surface area contributed by atoms with E-state index in [1.54, 1.807) is 24.5 Å². The van der Waals surface area contributed by atoms with E-state index >= 15 is 0 Å². The van der Waals surface area contributed by atoms with E-state index in [4.69, 9.17) is 0 Å². The van der Waals surface area contributed by atoms with Crippen molar-refractivity contribution in [2.24, 2.45) is 10.4 Å². The van der Waals surface area contributed by atoms with E-state index in [9.17, 15) is 4.79 Å². The molecule has 0 saturated carbocycles. The van der Waals surface area contributed by atoms with Crippen molar-refractivity contribution >= 4 is 35.8 Å². The molecule has 0 aliphatic carbocycles. The number of nitrogens with zero attached hydrogens (tertiary/aromatic N) is 3. The van der Waals surface area contributed by atoms with Crippen LogP contribution in [0.4, 0.5) is 0 Å². The average molecular weight is 445 g/mol. The first-order valence-electron chi connectivity index (χ1n) is 8.23. The zero-order chi connectivity index (χ0) is 16.7. The van der Waals surface area contributed by atoms with Gasteiger partial charge in [-0.05, 0) is 30.9 Å². The number of carbonyl (C=O) groups excluding carboxylic acids is 1. The largest absolute Gasteiger partial charge is 0.357 e. The Morgan fingerprint density at radius 1 is 1.42 bits per heavy atom. The summed E-state index contributed by atoms with van der Waals surface area (Å²) in [6, 6.07) is 3.51. The molecule has 0 radical (unpaired) electrons. The molecule has 0 bridgehead atoms. The lowest BCUT2D eigenvalue weighted by molar-refractivity contribution is 0.0954. The number of halogens is 1. The smallest absolute Gasteiger partial charge is 0.252 e. The normalized spacial score (nSPS) is 16.5.